The van der Waals surface area contributed by atoms with Crippen LogP contribution < -0.4 is 0 Å². The molecule has 0 spiro atoms. The number of aliphatic hydroxyl groups excluding tert-OH is 1. The second-order valence-electron chi connectivity index (χ2n) is 9.23. The van der Waals surface area contributed by atoms with Crippen LogP contribution in [0.3, 0.4) is 0 Å². The third kappa shape index (κ3) is 13.1. The first kappa shape index (κ1) is 34.2. The van der Waals surface area contributed by atoms with Crippen molar-refractivity contribution in [2.24, 2.45) is 0 Å². The molecule has 2 aromatic rings. The maximum atomic E-state index is 14.0. The SMILES string of the molecule is C[C@H](O)CC(=O)O[C@@H](C)[C@@H](/C=C/C(=O)O[C@H]([C@@H](/C=C/C(=O)O)OCc1ccccc1)C(F)(F)F)OCc1ccccc1. The van der Waals surface area contributed by atoms with Gasteiger partial charge in [0.05, 0.1) is 25.7 Å². The van der Waals surface area contributed by atoms with Gasteiger partial charge >= 0.3 is 24.1 Å². The van der Waals surface area contributed by atoms with Crippen molar-refractivity contribution in [2.45, 2.75) is 70.2 Å². The number of ether oxygens (including phenoxy) is 4. The number of carboxylic acids is 1. The summed E-state index contributed by atoms with van der Waals surface area (Å²) < 4.78 is 63.0. The van der Waals surface area contributed by atoms with Crippen LogP contribution in [0, 0.1) is 0 Å². The van der Waals surface area contributed by atoms with Gasteiger partial charge in [-0.05, 0) is 37.1 Å². The zero-order chi connectivity index (χ0) is 31.1. The Labute approximate surface area is 241 Å². The molecule has 2 rings (SSSR count). The van der Waals surface area contributed by atoms with Gasteiger partial charge in [0.2, 0.25) is 6.10 Å². The van der Waals surface area contributed by atoms with E-state index in [-0.39, 0.29) is 19.6 Å². The monoisotopic (exact) mass is 594 g/mol. The summed E-state index contributed by atoms with van der Waals surface area (Å²) in [5.41, 5.74) is 1.25. The van der Waals surface area contributed by atoms with Gasteiger partial charge in [0.25, 0.3) is 0 Å². The summed E-state index contributed by atoms with van der Waals surface area (Å²) >= 11 is 0. The zero-order valence-corrected chi connectivity index (χ0v) is 23.0. The molecule has 0 amide bonds. The molecule has 0 aliphatic carbocycles. The van der Waals surface area contributed by atoms with Gasteiger partial charge in [-0.3, -0.25) is 4.79 Å². The average Bonchev–Trinajstić information content (AvgIpc) is 2.92. The number of alkyl halides is 3. The zero-order valence-electron chi connectivity index (χ0n) is 23.0. The van der Waals surface area contributed by atoms with Crippen molar-refractivity contribution in [3.63, 3.8) is 0 Å². The van der Waals surface area contributed by atoms with E-state index in [1.54, 1.807) is 60.7 Å². The maximum absolute atomic E-state index is 14.0. The van der Waals surface area contributed by atoms with Crippen LogP contribution in [0.4, 0.5) is 13.2 Å². The van der Waals surface area contributed by atoms with Gasteiger partial charge in [0, 0.05) is 12.2 Å². The molecule has 0 unspecified atom stereocenters. The molecule has 9 nitrogen and oxygen atoms in total. The maximum Gasteiger partial charge on any atom is 0.428 e. The number of rotatable bonds is 16. The quantitative estimate of drug-likeness (QED) is 0.213. The van der Waals surface area contributed by atoms with Crippen LogP contribution in [0.1, 0.15) is 31.4 Å². The number of hydrogen-bond donors (Lipinski definition) is 2. The third-order valence-corrected chi connectivity index (χ3v) is 5.53. The van der Waals surface area contributed by atoms with E-state index in [1.165, 1.54) is 13.8 Å². The van der Waals surface area contributed by atoms with Crippen molar-refractivity contribution in [3.05, 3.63) is 96.1 Å². The number of aliphatic carboxylic acids is 1. The van der Waals surface area contributed by atoms with E-state index < -0.39 is 54.6 Å². The first-order valence-corrected chi connectivity index (χ1v) is 12.9. The Morgan fingerprint density at radius 2 is 1.31 bits per heavy atom. The van der Waals surface area contributed by atoms with Gasteiger partial charge in [-0.25, -0.2) is 9.59 Å². The van der Waals surface area contributed by atoms with Crippen molar-refractivity contribution < 1.29 is 56.7 Å². The molecule has 0 saturated heterocycles. The molecule has 0 aliphatic heterocycles. The lowest BCUT2D eigenvalue weighted by Gasteiger charge is -2.27. The molecule has 0 aromatic heterocycles. The molecule has 12 heteroatoms. The largest absolute Gasteiger partial charge is 0.478 e. The summed E-state index contributed by atoms with van der Waals surface area (Å²) in [6, 6.07) is 17.0. The molecule has 0 bridgehead atoms. The highest BCUT2D eigenvalue weighted by Gasteiger charge is 2.48. The number of carbonyl (C=O) groups is 3. The lowest BCUT2D eigenvalue weighted by Crippen LogP contribution is -2.43. The molecule has 0 heterocycles. The average molecular weight is 595 g/mol. The highest BCUT2D eigenvalue weighted by atomic mass is 19.4. The summed E-state index contributed by atoms with van der Waals surface area (Å²) in [6.07, 6.45) is -10.4. The van der Waals surface area contributed by atoms with Gasteiger partial charge in [-0.2, -0.15) is 13.2 Å². The number of carboxylic acid groups (broad SMARTS) is 1. The first-order valence-electron chi connectivity index (χ1n) is 12.9. The molecular weight excluding hydrogens is 561 g/mol. The van der Waals surface area contributed by atoms with Crippen LogP contribution in [0.15, 0.2) is 85.0 Å². The second-order valence-corrected chi connectivity index (χ2v) is 9.23. The minimum atomic E-state index is -5.12. The van der Waals surface area contributed by atoms with E-state index in [0.29, 0.717) is 23.8 Å². The molecule has 228 valence electrons. The third-order valence-electron chi connectivity index (χ3n) is 5.53. The molecular formula is C30H33F3O9. The standard InChI is InChI=1S/C30H33F3O9/c1-20(34)17-28(38)41-21(2)24(39-18-22-9-5-3-6-10-22)14-16-27(37)42-29(30(31,32)33)25(13-15-26(35)36)40-19-23-11-7-4-8-12-23/h3-16,20-21,24-25,29,34H,17-19H2,1-2H3,(H,35,36)/b15-13+,16-14+/t20-,21-,24+,25+,29+/m0/s1. The topological polar surface area (TPSA) is 129 Å². The molecule has 2 N–H and O–H groups in total. The number of esters is 2. The van der Waals surface area contributed by atoms with Crippen molar-refractivity contribution in [1.29, 1.82) is 0 Å². The molecule has 42 heavy (non-hydrogen) atoms. The summed E-state index contributed by atoms with van der Waals surface area (Å²) in [4.78, 5) is 35.6. The minimum absolute atomic E-state index is 0.0176. The Bertz CT molecular complexity index is 1180. The van der Waals surface area contributed by atoms with Crippen LogP contribution in [0.25, 0.3) is 0 Å². The molecule has 0 fully saturated rings. The van der Waals surface area contributed by atoms with Crippen LogP contribution in [-0.2, 0) is 46.5 Å². The normalized spacial score (nSPS) is 15.6. The lowest BCUT2D eigenvalue weighted by atomic mass is 10.1. The summed E-state index contributed by atoms with van der Waals surface area (Å²) in [7, 11) is 0. The summed E-state index contributed by atoms with van der Waals surface area (Å²) in [5.74, 6) is -3.69. The Morgan fingerprint density at radius 3 is 1.79 bits per heavy atom. The van der Waals surface area contributed by atoms with E-state index in [0.717, 1.165) is 11.6 Å². The predicted octanol–water partition coefficient (Wildman–Crippen LogP) is 4.53. The van der Waals surface area contributed by atoms with Crippen LogP contribution in [0.2, 0.25) is 0 Å². The van der Waals surface area contributed by atoms with Crippen LogP contribution >= 0.6 is 0 Å². The van der Waals surface area contributed by atoms with Crippen molar-refractivity contribution in [2.75, 3.05) is 0 Å². The Balaban J connectivity index is 2.22. The first-order chi connectivity index (χ1) is 19.8. The highest BCUT2D eigenvalue weighted by molar-refractivity contribution is 5.82. The van der Waals surface area contributed by atoms with E-state index >= 15 is 0 Å². The number of halogens is 3. The lowest BCUT2D eigenvalue weighted by molar-refractivity contribution is -0.241. The Hall–Kier alpha value is -4.00. The molecule has 5 atom stereocenters. The molecule has 2 aromatic carbocycles. The Morgan fingerprint density at radius 1 is 0.810 bits per heavy atom. The molecule has 0 saturated carbocycles. The Kier molecular flexibility index (Phi) is 13.9. The molecule has 0 aliphatic rings. The second kappa shape index (κ2) is 17.1. The number of hydrogen-bond acceptors (Lipinski definition) is 8. The van der Waals surface area contributed by atoms with Gasteiger partial charge in [0.15, 0.2) is 0 Å². The number of carbonyl (C=O) groups excluding carboxylic acids is 2. The van der Waals surface area contributed by atoms with Crippen molar-refractivity contribution >= 4 is 17.9 Å². The highest BCUT2D eigenvalue weighted by Crippen LogP contribution is 2.28. The van der Waals surface area contributed by atoms with E-state index in [4.69, 9.17) is 24.1 Å². The molecule has 0 radical (unpaired) electrons. The van der Waals surface area contributed by atoms with E-state index in [9.17, 15) is 32.7 Å². The summed E-state index contributed by atoms with van der Waals surface area (Å²) in [5, 5.41) is 18.4. The number of benzene rings is 2. The van der Waals surface area contributed by atoms with E-state index in [2.05, 4.69) is 0 Å². The van der Waals surface area contributed by atoms with Gasteiger partial charge in [0.1, 0.15) is 18.3 Å². The fraction of sp³-hybridized carbons (Fsp3) is 0.367. The van der Waals surface area contributed by atoms with E-state index in [1.807, 2.05) is 0 Å². The fourth-order valence-corrected chi connectivity index (χ4v) is 3.52. The minimum Gasteiger partial charge on any atom is -0.478 e. The van der Waals surface area contributed by atoms with Crippen LogP contribution in [0.5, 0.6) is 0 Å². The van der Waals surface area contributed by atoms with Crippen molar-refractivity contribution in [1.82, 2.24) is 0 Å². The van der Waals surface area contributed by atoms with Gasteiger partial charge < -0.3 is 29.2 Å². The smallest absolute Gasteiger partial charge is 0.428 e. The van der Waals surface area contributed by atoms with Crippen molar-refractivity contribution in [3.8, 4) is 0 Å². The number of aliphatic hydroxyl groups is 1. The predicted molar refractivity (Wildman–Crippen MR) is 144 cm³/mol. The van der Waals surface area contributed by atoms with Crippen LogP contribution in [-0.4, -0.2) is 64.8 Å². The summed E-state index contributed by atoms with van der Waals surface area (Å²) in [6.45, 7) is 2.54. The van der Waals surface area contributed by atoms with Gasteiger partial charge in [-0.15, -0.1) is 0 Å². The van der Waals surface area contributed by atoms with Gasteiger partial charge in [-0.1, -0.05) is 60.7 Å². The fourth-order valence-electron chi connectivity index (χ4n) is 3.52.